The molecule has 2 N–H and O–H groups in total. The van der Waals surface area contributed by atoms with Crippen LogP contribution in [0.15, 0.2) is 35.4 Å². The standard InChI is InChI=1S/C18H24N4O2/c1-13-5-4-9-22(16(13)11-19)17(23)8-10-21-12-20-15-7-3-2-6-14(15)18(21)24/h2-3,6-7,12-13,16H,4-5,8-11,19H2,1H3. The molecule has 0 spiro atoms. The molecule has 2 unspecified atom stereocenters. The quantitative estimate of drug-likeness (QED) is 0.919. The van der Waals surface area contributed by atoms with Gasteiger partial charge in [0.1, 0.15) is 0 Å². The molecule has 1 amide bonds. The van der Waals surface area contributed by atoms with Crippen LogP contribution in [-0.2, 0) is 11.3 Å². The molecule has 0 aliphatic carbocycles. The molecule has 6 heteroatoms. The van der Waals surface area contributed by atoms with E-state index in [1.165, 1.54) is 10.9 Å². The Bertz CT molecular complexity index is 786. The zero-order chi connectivity index (χ0) is 17.1. The first-order chi connectivity index (χ1) is 11.6. The van der Waals surface area contributed by atoms with E-state index in [1.807, 2.05) is 23.1 Å². The molecular weight excluding hydrogens is 304 g/mol. The number of aryl methyl sites for hydroxylation is 1. The molecule has 2 heterocycles. The molecule has 128 valence electrons. The first-order valence-corrected chi connectivity index (χ1v) is 8.55. The van der Waals surface area contributed by atoms with Crippen LogP contribution in [0.25, 0.3) is 10.9 Å². The van der Waals surface area contributed by atoms with Crippen molar-refractivity contribution < 1.29 is 4.79 Å². The highest BCUT2D eigenvalue weighted by atomic mass is 16.2. The second kappa shape index (κ2) is 7.13. The fourth-order valence-electron chi connectivity index (χ4n) is 3.54. The van der Waals surface area contributed by atoms with Crippen LogP contribution < -0.4 is 11.3 Å². The molecule has 0 bridgehead atoms. The Balaban J connectivity index is 1.72. The van der Waals surface area contributed by atoms with Crippen molar-refractivity contribution in [2.45, 2.75) is 38.8 Å². The Morgan fingerprint density at radius 3 is 2.96 bits per heavy atom. The molecule has 2 aromatic rings. The van der Waals surface area contributed by atoms with Gasteiger partial charge in [-0.25, -0.2) is 4.98 Å². The van der Waals surface area contributed by atoms with Crippen molar-refractivity contribution >= 4 is 16.8 Å². The van der Waals surface area contributed by atoms with Crippen LogP contribution in [0.5, 0.6) is 0 Å². The summed E-state index contributed by atoms with van der Waals surface area (Å²) < 4.78 is 1.52. The number of amides is 1. The minimum absolute atomic E-state index is 0.0667. The number of fused-ring (bicyclic) bond motifs is 1. The van der Waals surface area contributed by atoms with Gasteiger partial charge in [-0.15, -0.1) is 0 Å². The minimum atomic E-state index is -0.101. The third-order valence-corrected chi connectivity index (χ3v) is 4.98. The molecule has 2 atom stereocenters. The molecule has 1 aromatic heterocycles. The maximum atomic E-state index is 12.6. The molecular formula is C18H24N4O2. The van der Waals surface area contributed by atoms with E-state index in [1.54, 1.807) is 6.07 Å². The van der Waals surface area contributed by atoms with Gasteiger partial charge in [0, 0.05) is 32.1 Å². The summed E-state index contributed by atoms with van der Waals surface area (Å²) >= 11 is 0. The molecule has 0 radical (unpaired) electrons. The fourth-order valence-corrected chi connectivity index (χ4v) is 3.54. The molecule has 3 rings (SSSR count). The van der Waals surface area contributed by atoms with Gasteiger partial charge in [0.15, 0.2) is 0 Å². The zero-order valence-corrected chi connectivity index (χ0v) is 14.0. The number of hydrogen-bond donors (Lipinski definition) is 1. The number of nitrogens with zero attached hydrogens (tertiary/aromatic N) is 3. The van der Waals surface area contributed by atoms with Crippen LogP contribution in [-0.4, -0.2) is 39.5 Å². The van der Waals surface area contributed by atoms with Crippen LogP contribution in [0.4, 0.5) is 0 Å². The Morgan fingerprint density at radius 2 is 2.17 bits per heavy atom. The predicted molar refractivity (Wildman–Crippen MR) is 93.6 cm³/mol. The Kier molecular flexibility index (Phi) is 4.94. The number of benzene rings is 1. The Morgan fingerprint density at radius 1 is 1.38 bits per heavy atom. The van der Waals surface area contributed by atoms with E-state index in [2.05, 4.69) is 11.9 Å². The smallest absolute Gasteiger partial charge is 0.261 e. The Labute approximate surface area is 141 Å². The summed E-state index contributed by atoms with van der Waals surface area (Å²) in [6.07, 6.45) is 3.95. The van der Waals surface area contributed by atoms with Crippen molar-refractivity contribution in [3.63, 3.8) is 0 Å². The van der Waals surface area contributed by atoms with Gasteiger partial charge in [0.25, 0.3) is 5.56 Å². The third-order valence-electron chi connectivity index (χ3n) is 4.98. The molecule has 1 aliphatic rings. The largest absolute Gasteiger partial charge is 0.338 e. The van der Waals surface area contributed by atoms with Gasteiger partial charge in [-0.2, -0.15) is 0 Å². The van der Waals surface area contributed by atoms with E-state index in [-0.39, 0.29) is 17.5 Å². The topological polar surface area (TPSA) is 81.2 Å². The van der Waals surface area contributed by atoms with E-state index in [4.69, 9.17) is 5.73 Å². The average molecular weight is 328 g/mol. The van der Waals surface area contributed by atoms with Crippen LogP contribution in [0.1, 0.15) is 26.2 Å². The summed E-state index contributed by atoms with van der Waals surface area (Å²) in [5.41, 5.74) is 6.43. The Hall–Kier alpha value is -2.21. The molecule has 1 aliphatic heterocycles. The van der Waals surface area contributed by atoms with E-state index < -0.39 is 0 Å². The van der Waals surface area contributed by atoms with Gasteiger partial charge in [-0.1, -0.05) is 19.1 Å². The van der Waals surface area contributed by atoms with Gasteiger partial charge in [-0.05, 0) is 30.9 Å². The van der Waals surface area contributed by atoms with Crippen molar-refractivity contribution in [3.05, 3.63) is 40.9 Å². The number of likely N-dealkylation sites (tertiary alicyclic amines) is 1. The highest BCUT2D eigenvalue weighted by Gasteiger charge is 2.30. The highest BCUT2D eigenvalue weighted by molar-refractivity contribution is 5.78. The minimum Gasteiger partial charge on any atom is -0.338 e. The van der Waals surface area contributed by atoms with Gasteiger partial charge < -0.3 is 10.6 Å². The van der Waals surface area contributed by atoms with Crippen LogP contribution >= 0.6 is 0 Å². The maximum Gasteiger partial charge on any atom is 0.261 e. The van der Waals surface area contributed by atoms with Crippen molar-refractivity contribution in [2.24, 2.45) is 11.7 Å². The lowest BCUT2D eigenvalue weighted by molar-refractivity contribution is -0.136. The molecule has 1 fully saturated rings. The molecule has 1 saturated heterocycles. The number of hydrogen-bond acceptors (Lipinski definition) is 4. The average Bonchev–Trinajstić information content (AvgIpc) is 2.61. The number of carbonyl (C=O) groups excluding carboxylic acids is 1. The summed E-state index contributed by atoms with van der Waals surface area (Å²) in [4.78, 5) is 31.3. The number of carbonyl (C=O) groups is 1. The van der Waals surface area contributed by atoms with Crippen LogP contribution in [0.3, 0.4) is 0 Å². The second-order valence-corrected chi connectivity index (χ2v) is 6.52. The van der Waals surface area contributed by atoms with Crippen molar-refractivity contribution in [1.29, 1.82) is 0 Å². The summed E-state index contributed by atoms with van der Waals surface area (Å²) in [5, 5.41) is 0.582. The lowest BCUT2D eigenvalue weighted by Crippen LogP contribution is -2.51. The van der Waals surface area contributed by atoms with Gasteiger partial charge in [0.05, 0.1) is 17.2 Å². The number of aromatic nitrogens is 2. The first kappa shape index (κ1) is 16.6. The molecule has 24 heavy (non-hydrogen) atoms. The van der Waals surface area contributed by atoms with Gasteiger partial charge in [0.2, 0.25) is 5.91 Å². The van der Waals surface area contributed by atoms with Crippen molar-refractivity contribution in [3.8, 4) is 0 Å². The summed E-state index contributed by atoms with van der Waals surface area (Å²) in [5.74, 6) is 0.495. The van der Waals surface area contributed by atoms with Crippen molar-refractivity contribution in [1.82, 2.24) is 14.5 Å². The fraction of sp³-hybridized carbons (Fsp3) is 0.500. The zero-order valence-electron chi connectivity index (χ0n) is 14.0. The van der Waals surface area contributed by atoms with E-state index in [9.17, 15) is 9.59 Å². The van der Waals surface area contributed by atoms with E-state index in [0.717, 1.165) is 19.4 Å². The highest BCUT2D eigenvalue weighted by Crippen LogP contribution is 2.23. The van der Waals surface area contributed by atoms with Gasteiger partial charge in [-0.3, -0.25) is 14.2 Å². The number of piperidine rings is 1. The normalized spacial score (nSPS) is 21.2. The molecule has 0 saturated carbocycles. The summed E-state index contributed by atoms with van der Waals surface area (Å²) in [6.45, 7) is 3.74. The number of nitrogens with two attached hydrogens (primary N) is 1. The van der Waals surface area contributed by atoms with Crippen molar-refractivity contribution in [2.75, 3.05) is 13.1 Å². The molecule has 6 nitrogen and oxygen atoms in total. The third kappa shape index (κ3) is 3.19. The van der Waals surface area contributed by atoms with Gasteiger partial charge >= 0.3 is 0 Å². The van der Waals surface area contributed by atoms with E-state index in [0.29, 0.717) is 36.3 Å². The predicted octanol–water partition coefficient (Wildman–Crippen LogP) is 1.37. The lowest BCUT2D eigenvalue weighted by atomic mass is 9.90. The van der Waals surface area contributed by atoms with Crippen LogP contribution in [0, 0.1) is 5.92 Å². The second-order valence-electron chi connectivity index (χ2n) is 6.52. The number of rotatable bonds is 4. The SMILES string of the molecule is CC1CCCN(C(=O)CCn2cnc3ccccc3c2=O)C1CN. The number of para-hydroxylation sites is 1. The summed E-state index contributed by atoms with van der Waals surface area (Å²) in [6, 6.07) is 7.36. The summed E-state index contributed by atoms with van der Waals surface area (Å²) in [7, 11) is 0. The lowest BCUT2D eigenvalue weighted by Gasteiger charge is -2.39. The molecule has 1 aromatic carbocycles. The monoisotopic (exact) mass is 328 g/mol. The maximum absolute atomic E-state index is 12.6. The van der Waals surface area contributed by atoms with Crippen LogP contribution in [0.2, 0.25) is 0 Å². The van der Waals surface area contributed by atoms with E-state index >= 15 is 0 Å². The first-order valence-electron chi connectivity index (χ1n) is 8.55.